The Balaban J connectivity index is 3.17. The van der Waals surface area contributed by atoms with E-state index in [4.69, 9.17) is 6.42 Å². The van der Waals surface area contributed by atoms with Crippen molar-refractivity contribution in [2.75, 3.05) is 5.32 Å². The Morgan fingerprint density at radius 1 is 1.56 bits per heavy atom. The zero-order valence-corrected chi connectivity index (χ0v) is 8.95. The fourth-order valence-corrected chi connectivity index (χ4v) is 1.14. The summed E-state index contributed by atoms with van der Waals surface area (Å²) in [6, 6.07) is 3.19. The number of hydrogen-bond donors (Lipinski definition) is 1. The van der Waals surface area contributed by atoms with Gasteiger partial charge in [0.1, 0.15) is 11.5 Å². The number of nitro groups is 1. The molecule has 0 aliphatic rings. The standard InChI is InChI=1S/C11H11FN2O2/c1-4-11(2,3)13-9-7-8(12)5-6-10(9)14(15)16/h1,5-7,13H,2-3H3. The summed E-state index contributed by atoms with van der Waals surface area (Å²) >= 11 is 0. The van der Waals surface area contributed by atoms with Crippen LogP contribution in [-0.4, -0.2) is 10.5 Å². The van der Waals surface area contributed by atoms with E-state index in [1.54, 1.807) is 13.8 Å². The Morgan fingerprint density at radius 3 is 2.69 bits per heavy atom. The number of halogens is 1. The minimum Gasteiger partial charge on any atom is -0.364 e. The molecule has 4 nitrogen and oxygen atoms in total. The molecular weight excluding hydrogens is 211 g/mol. The topological polar surface area (TPSA) is 55.2 Å². The number of anilines is 1. The quantitative estimate of drug-likeness (QED) is 0.485. The zero-order chi connectivity index (χ0) is 12.3. The highest BCUT2D eigenvalue weighted by Gasteiger charge is 2.20. The van der Waals surface area contributed by atoms with Crippen molar-refractivity contribution in [3.05, 3.63) is 34.1 Å². The Kier molecular flexibility index (Phi) is 3.14. The first-order valence-corrected chi connectivity index (χ1v) is 4.55. The molecule has 5 heteroatoms. The fourth-order valence-electron chi connectivity index (χ4n) is 1.14. The lowest BCUT2D eigenvalue weighted by molar-refractivity contribution is -0.384. The van der Waals surface area contributed by atoms with Crippen molar-refractivity contribution >= 4 is 11.4 Å². The van der Waals surface area contributed by atoms with E-state index in [9.17, 15) is 14.5 Å². The Labute approximate surface area is 92.6 Å². The van der Waals surface area contributed by atoms with Crippen LogP contribution in [0.2, 0.25) is 0 Å². The molecule has 0 aliphatic carbocycles. The summed E-state index contributed by atoms with van der Waals surface area (Å²) in [5, 5.41) is 13.4. The van der Waals surface area contributed by atoms with Gasteiger partial charge in [0.05, 0.1) is 10.5 Å². The number of hydrogen-bond acceptors (Lipinski definition) is 3. The van der Waals surface area contributed by atoms with E-state index >= 15 is 0 Å². The summed E-state index contributed by atoms with van der Waals surface area (Å²) in [5.41, 5.74) is -0.906. The summed E-state index contributed by atoms with van der Waals surface area (Å²) in [4.78, 5) is 10.1. The smallest absolute Gasteiger partial charge is 0.292 e. The molecule has 0 atom stereocenters. The number of nitrogens with zero attached hydrogens (tertiary/aromatic N) is 1. The molecule has 0 aromatic heterocycles. The van der Waals surface area contributed by atoms with Crippen LogP contribution < -0.4 is 5.32 Å². The lowest BCUT2D eigenvalue weighted by Crippen LogP contribution is -2.28. The monoisotopic (exact) mass is 222 g/mol. The lowest BCUT2D eigenvalue weighted by atomic mass is 10.1. The second-order valence-electron chi connectivity index (χ2n) is 3.81. The lowest BCUT2D eigenvalue weighted by Gasteiger charge is -2.20. The maximum Gasteiger partial charge on any atom is 0.292 e. The minimum absolute atomic E-state index is 0.0768. The van der Waals surface area contributed by atoms with Crippen LogP contribution in [0.1, 0.15) is 13.8 Å². The van der Waals surface area contributed by atoms with Crippen LogP contribution >= 0.6 is 0 Å². The van der Waals surface area contributed by atoms with E-state index in [0.29, 0.717) is 0 Å². The molecule has 1 aromatic rings. The van der Waals surface area contributed by atoms with Crippen molar-refractivity contribution in [2.45, 2.75) is 19.4 Å². The second kappa shape index (κ2) is 4.19. The first kappa shape index (κ1) is 12.0. The maximum atomic E-state index is 13.0. The van der Waals surface area contributed by atoms with Gasteiger partial charge in [0.15, 0.2) is 0 Å². The van der Waals surface area contributed by atoms with Gasteiger partial charge in [0.2, 0.25) is 0 Å². The Bertz CT molecular complexity index is 464. The van der Waals surface area contributed by atoms with Crippen LogP contribution in [0.15, 0.2) is 18.2 Å². The van der Waals surface area contributed by atoms with Gasteiger partial charge >= 0.3 is 0 Å². The Hall–Kier alpha value is -2.09. The van der Waals surface area contributed by atoms with Gasteiger partial charge in [-0.25, -0.2) is 4.39 Å². The second-order valence-corrected chi connectivity index (χ2v) is 3.81. The van der Waals surface area contributed by atoms with Crippen LogP contribution in [0.4, 0.5) is 15.8 Å². The predicted octanol–water partition coefficient (Wildman–Crippen LogP) is 2.56. The normalized spacial score (nSPS) is 10.6. The average molecular weight is 222 g/mol. The van der Waals surface area contributed by atoms with Gasteiger partial charge in [0.25, 0.3) is 5.69 Å². The SMILES string of the molecule is C#CC(C)(C)Nc1cc(F)ccc1[N+](=O)[O-]. The summed E-state index contributed by atoms with van der Waals surface area (Å²) in [6.07, 6.45) is 5.24. The van der Waals surface area contributed by atoms with Crippen molar-refractivity contribution in [3.63, 3.8) is 0 Å². The first-order valence-electron chi connectivity index (χ1n) is 4.55. The van der Waals surface area contributed by atoms with Gasteiger partial charge in [-0.05, 0) is 19.9 Å². The van der Waals surface area contributed by atoms with Gasteiger partial charge in [0, 0.05) is 12.1 Å². The molecule has 1 rings (SSSR count). The molecule has 0 bridgehead atoms. The molecule has 0 fully saturated rings. The van der Waals surface area contributed by atoms with Gasteiger partial charge in [-0.1, -0.05) is 5.92 Å². The number of terminal acetylenes is 1. The number of rotatable bonds is 3. The molecular formula is C11H11FN2O2. The molecule has 0 heterocycles. The van der Waals surface area contributed by atoms with E-state index in [0.717, 1.165) is 18.2 Å². The van der Waals surface area contributed by atoms with E-state index in [1.807, 2.05) is 0 Å². The summed E-state index contributed by atoms with van der Waals surface area (Å²) < 4.78 is 13.0. The molecule has 0 amide bonds. The number of nitro benzene ring substituents is 1. The molecule has 0 saturated carbocycles. The van der Waals surface area contributed by atoms with Crippen molar-refractivity contribution in [2.24, 2.45) is 0 Å². The maximum absolute atomic E-state index is 13.0. The third kappa shape index (κ3) is 2.70. The van der Waals surface area contributed by atoms with Gasteiger partial charge in [-0.15, -0.1) is 6.42 Å². The van der Waals surface area contributed by atoms with Crippen molar-refractivity contribution in [3.8, 4) is 12.3 Å². The van der Waals surface area contributed by atoms with E-state index in [-0.39, 0.29) is 11.4 Å². The minimum atomic E-state index is -0.779. The zero-order valence-electron chi connectivity index (χ0n) is 8.95. The highest BCUT2D eigenvalue weighted by Crippen LogP contribution is 2.27. The van der Waals surface area contributed by atoms with Crippen molar-refractivity contribution < 1.29 is 9.31 Å². The molecule has 16 heavy (non-hydrogen) atoms. The van der Waals surface area contributed by atoms with Crippen LogP contribution in [0, 0.1) is 28.3 Å². The van der Waals surface area contributed by atoms with Gasteiger partial charge in [-0.2, -0.15) is 0 Å². The van der Waals surface area contributed by atoms with E-state index in [2.05, 4.69) is 11.2 Å². The third-order valence-electron chi connectivity index (χ3n) is 1.96. The molecule has 0 spiro atoms. The predicted molar refractivity (Wildman–Crippen MR) is 59.6 cm³/mol. The van der Waals surface area contributed by atoms with E-state index < -0.39 is 16.3 Å². The molecule has 0 unspecified atom stereocenters. The van der Waals surface area contributed by atoms with Crippen molar-refractivity contribution in [1.82, 2.24) is 0 Å². The van der Waals surface area contributed by atoms with Crippen LogP contribution in [-0.2, 0) is 0 Å². The van der Waals surface area contributed by atoms with Crippen molar-refractivity contribution in [1.29, 1.82) is 0 Å². The summed E-state index contributed by atoms with van der Waals surface area (Å²) in [7, 11) is 0. The molecule has 1 aromatic carbocycles. The van der Waals surface area contributed by atoms with Gasteiger partial charge in [-0.3, -0.25) is 10.1 Å². The van der Waals surface area contributed by atoms with Gasteiger partial charge < -0.3 is 5.32 Å². The highest BCUT2D eigenvalue weighted by atomic mass is 19.1. The summed E-state index contributed by atoms with van der Waals surface area (Å²) in [5.74, 6) is 1.86. The molecule has 0 radical (unpaired) electrons. The molecule has 1 N–H and O–H groups in total. The average Bonchev–Trinajstić information content (AvgIpc) is 2.16. The molecule has 84 valence electrons. The number of benzene rings is 1. The highest BCUT2D eigenvalue weighted by molar-refractivity contribution is 5.63. The third-order valence-corrected chi connectivity index (χ3v) is 1.96. The van der Waals surface area contributed by atoms with E-state index in [1.165, 1.54) is 0 Å². The molecule has 0 saturated heterocycles. The Morgan fingerprint density at radius 2 is 2.19 bits per heavy atom. The van der Waals surface area contributed by atoms with Crippen LogP contribution in [0.3, 0.4) is 0 Å². The largest absolute Gasteiger partial charge is 0.364 e. The van der Waals surface area contributed by atoms with Crippen LogP contribution in [0.5, 0.6) is 0 Å². The van der Waals surface area contributed by atoms with Crippen LogP contribution in [0.25, 0.3) is 0 Å². The summed E-state index contributed by atoms with van der Waals surface area (Å²) in [6.45, 7) is 3.34. The first-order chi connectivity index (χ1) is 7.35. The number of nitrogens with one attached hydrogen (secondary N) is 1. The fraction of sp³-hybridized carbons (Fsp3) is 0.273. The molecule has 0 aliphatic heterocycles.